The molecule has 0 fully saturated rings. The van der Waals surface area contributed by atoms with E-state index in [1.165, 1.54) is 6.07 Å². The highest BCUT2D eigenvalue weighted by Gasteiger charge is 2.12. The molecule has 7 heteroatoms. The fourth-order valence-electron chi connectivity index (χ4n) is 1.62. The highest BCUT2D eigenvalue weighted by molar-refractivity contribution is 9.10. The van der Waals surface area contributed by atoms with E-state index in [1.54, 1.807) is 31.2 Å². The van der Waals surface area contributed by atoms with Gasteiger partial charge in [-0.1, -0.05) is 17.7 Å². The maximum atomic E-state index is 11.8. The highest BCUT2D eigenvalue weighted by Crippen LogP contribution is 2.22. The third-order valence-corrected chi connectivity index (χ3v) is 3.58. The molecule has 1 heterocycles. The Hall–Kier alpha value is -1.79. The van der Waals surface area contributed by atoms with Gasteiger partial charge in [-0.3, -0.25) is 9.59 Å². The smallest absolute Gasteiger partial charge is 0.287 e. The minimum atomic E-state index is -0.460. The summed E-state index contributed by atoms with van der Waals surface area (Å²) in [4.78, 5) is 23.5. The third kappa shape index (κ3) is 4.09. The normalized spacial score (nSPS) is 10.2. The number of anilines is 1. The second-order valence-electron chi connectivity index (χ2n) is 4.25. The standard InChI is InChI=1S/C14H12BrClN2O3/c1-8-9(16)3-2-4-10(8)18-13(19)7-17-14(20)11-5-6-12(15)21-11/h2-6H,7H2,1H3,(H,17,20)(H,18,19). The second kappa shape index (κ2) is 6.78. The van der Waals surface area contributed by atoms with Gasteiger partial charge in [-0.25, -0.2) is 0 Å². The van der Waals surface area contributed by atoms with E-state index in [0.717, 1.165) is 5.56 Å². The minimum absolute atomic E-state index is 0.133. The molecular formula is C14H12BrClN2O3. The van der Waals surface area contributed by atoms with E-state index in [9.17, 15) is 9.59 Å². The first-order valence-electron chi connectivity index (χ1n) is 6.06. The van der Waals surface area contributed by atoms with Crippen molar-refractivity contribution in [2.45, 2.75) is 6.92 Å². The zero-order chi connectivity index (χ0) is 15.4. The zero-order valence-corrected chi connectivity index (χ0v) is 13.4. The van der Waals surface area contributed by atoms with Crippen LogP contribution in [-0.2, 0) is 4.79 Å². The SMILES string of the molecule is Cc1c(Cl)cccc1NC(=O)CNC(=O)c1ccc(Br)o1. The fourth-order valence-corrected chi connectivity index (χ4v) is 2.10. The van der Waals surface area contributed by atoms with Crippen LogP contribution in [0.2, 0.25) is 5.02 Å². The summed E-state index contributed by atoms with van der Waals surface area (Å²) in [5, 5.41) is 5.72. The van der Waals surface area contributed by atoms with Gasteiger partial charge < -0.3 is 15.1 Å². The van der Waals surface area contributed by atoms with Crippen molar-refractivity contribution in [3.8, 4) is 0 Å². The van der Waals surface area contributed by atoms with Gasteiger partial charge >= 0.3 is 0 Å². The fraction of sp³-hybridized carbons (Fsp3) is 0.143. The summed E-state index contributed by atoms with van der Waals surface area (Å²) in [5.74, 6) is -0.674. The number of halogens is 2. The topological polar surface area (TPSA) is 71.3 Å². The second-order valence-corrected chi connectivity index (χ2v) is 5.44. The quantitative estimate of drug-likeness (QED) is 0.865. The molecule has 0 unspecified atom stereocenters. The summed E-state index contributed by atoms with van der Waals surface area (Å²) in [6, 6.07) is 8.33. The lowest BCUT2D eigenvalue weighted by molar-refractivity contribution is -0.115. The first-order chi connectivity index (χ1) is 9.97. The molecule has 0 saturated heterocycles. The molecule has 0 aliphatic carbocycles. The van der Waals surface area contributed by atoms with Crippen LogP contribution < -0.4 is 10.6 Å². The van der Waals surface area contributed by atoms with Gasteiger partial charge in [-0.2, -0.15) is 0 Å². The van der Waals surface area contributed by atoms with Crippen molar-refractivity contribution < 1.29 is 14.0 Å². The van der Waals surface area contributed by atoms with E-state index in [-0.39, 0.29) is 18.2 Å². The van der Waals surface area contributed by atoms with Gasteiger partial charge in [-0.05, 0) is 52.7 Å². The van der Waals surface area contributed by atoms with Crippen molar-refractivity contribution >= 4 is 45.0 Å². The first kappa shape index (κ1) is 15.6. The van der Waals surface area contributed by atoms with Crippen molar-refractivity contribution in [3.05, 3.63) is 51.3 Å². The van der Waals surface area contributed by atoms with Crippen LogP contribution in [0.3, 0.4) is 0 Å². The maximum absolute atomic E-state index is 11.8. The summed E-state index contributed by atoms with van der Waals surface area (Å²) in [5.41, 5.74) is 1.39. The Labute approximate surface area is 134 Å². The Bertz CT molecular complexity index is 685. The Morgan fingerprint density at radius 2 is 2.05 bits per heavy atom. The summed E-state index contributed by atoms with van der Waals surface area (Å²) < 4.78 is 5.54. The summed E-state index contributed by atoms with van der Waals surface area (Å²) in [6.07, 6.45) is 0. The molecular weight excluding hydrogens is 360 g/mol. The minimum Gasteiger partial charge on any atom is -0.444 e. The summed E-state index contributed by atoms with van der Waals surface area (Å²) in [7, 11) is 0. The van der Waals surface area contributed by atoms with Gasteiger partial charge in [0.15, 0.2) is 10.4 Å². The van der Waals surface area contributed by atoms with E-state index in [2.05, 4.69) is 26.6 Å². The lowest BCUT2D eigenvalue weighted by atomic mass is 10.2. The lowest BCUT2D eigenvalue weighted by Crippen LogP contribution is -2.32. The van der Waals surface area contributed by atoms with Crippen molar-refractivity contribution in [3.63, 3.8) is 0 Å². The molecule has 1 aromatic carbocycles. The molecule has 2 aromatic rings. The number of carbonyl (C=O) groups is 2. The van der Waals surface area contributed by atoms with Gasteiger partial charge in [0.2, 0.25) is 5.91 Å². The number of benzene rings is 1. The predicted octanol–water partition coefficient (Wildman–Crippen LogP) is 3.37. The van der Waals surface area contributed by atoms with Gasteiger partial charge in [0.25, 0.3) is 5.91 Å². The van der Waals surface area contributed by atoms with E-state index < -0.39 is 5.91 Å². The summed E-state index contributed by atoms with van der Waals surface area (Å²) in [6.45, 7) is 1.64. The molecule has 5 nitrogen and oxygen atoms in total. The van der Waals surface area contributed by atoms with E-state index >= 15 is 0 Å². The van der Waals surface area contributed by atoms with Crippen molar-refractivity contribution in [2.24, 2.45) is 0 Å². The highest BCUT2D eigenvalue weighted by atomic mass is 79.9. The largest absolute Gasteiger partial charge is 0.444 e. The number of hydrogen-bond donors (Lipinski definition) is 2. The molecule has 0 radical (unpaired) electrons. The third-order valence-electron chi connectivity index (χ3n) is 2.75. The van der Waals surface area contributed by atoms with E-state index in [0.29, 0.717) is 15.4 Å². The van der Waals surface area contributed by atoms with Crippen molar-refractivity contribution in [1.29, 1.82) is 0 Å². The molecule has 2 rings (SSSR count). The zero-order valence-electron chi connectivity index (χ0n) is 11.1. The van der Waals surface area contributed by atoms with Gasteiger partial charge in [0.05, 0.1) is 6.54 Å². The molecule has 2 N–H and O–H groups in total. The molecule has 0 bridgehead atoms. The van der Waals surface area contributed by atoms with E-state index in [1.807, 2.05) is 0 Å². The van der Waals surface area contributed by atoms with Crippen LogP contribution in [0.4, 0.5) is 5.69 Å². The molecule has 0 spiro atoms. The van der Waals surface area contributed by atoms with Crippen LogP contribution >= 0.6 is 27.5 Å². The van der Waals surface area contributed by atoms with Crippen LogP contribution in [0.25, 0.3) is 0 Å². The number of carbonyl (C=O) groups excluding carboxylic acids is 2. The average Bonchev–Trinajstić information content (AvgIpc) is 2.88. The number of rotatable bonds is 4. The average molecular weight is 372 g/mol. The maximum Gasteiger partial charge on any atom is 0.287 e. The monoisotopic (exact) mass is 370 g/mol. The predicted molar refractivity (Wildman–Crippen MR) is 83.6 cm³/mol. The van der Waals surface area contributed by atoms with Crippen LogP contribution in [0.1, 0.15) is 16.1 Å². The first-order valence-corrected chi connectivity index (χ1v) is 7.23. The molecule has 0 atom stereocenters. The number of nitrogens with one attached hydrogen (secondary N) is 2. The number of furan rings is 1. The lowest BCUT2D eigenvalue weighted by Gasteiger charge is -2.09. The molecule has 0 aliphatic heterocycles. The van der Waals surface area contributed by atoms with Crippen LogP contribution in [0, 0.1) is 6.92 Å². The Kier molecular flexibility index (Phi) is 5.03. The molecule has 0 saturated carbocycles. The molecule has 2 amide bonds. The Morgan fingerprint density at radius 1 is 1.29 bits per heavy atom. The Morgan fingerprint density at radius 3 is 2.71 bits per heavy atom. The van der Waals surface area contributed by atoms with Crippen molar-refractivity contribution in [2.75, 3.05) is 11.9 Å². The molecule has 110 valence electrons. The Balaban J connectivity index is 1.90. The van der Waals surface area contributed by atoms with Gasteiger partial charge in [0.1, 0.15) is 0 Å². The van der Waals surface area contributed by atoms with E-state index in [4.69, 9.17) is 16.0 Å². The number of amides is 2. The van der Waals surface area contributed by atoms with Crippen LogP contribution in [0.15, 0.2) is 39.4 Å². The van der Waals surface area contributed by atoms with Gasteiger partial charge in [-0.15, -0.1) is 0 Å². The molecule has 1 aromatic heterocycles. The molecule has 0 aliphatic rings. The molecule has 21 heavy (non-hydrogen) atoms. The van der Waals surface area contributed by atoms with Crippen molar-refractivity contribution in [1.82, 2.24) is 5.32 Å². The van der Waals surface area contributed by atoms with Gasteiger partial charge in [0, 0.05) is 10.7 Å². The number of hydrogen-bond acceptors (Lipinski definition) is 3. The van der Waals surface area contributed by atoms with Crippen LogP contribution in [0.5, 0.6) is 0 Å². The summed E-state index contributed by atoms with van der Waals surface area (Å²) >= 11 is 9.07. The van der Waals surface area contributed by atoms with Crippen LogP contribution in [-0.4, -0.2) is 18.4 Å².